The van der Waals surface area contributed by atoms with Gasteiger partial charge in [0.1, 0.15) is 5.69 Å². The van der Waals surface area contributed by atoms with Gasteiger partial charge in [0.2, 0.25) is 0 Å². The van der Waals surface area contributed by atoms with Crippen molar-refractivity contribution in [2.75, 3.05) is 52.4 Å². The molecule has 8 nitrogen and oxygen atoms in total. The minimum Gasteiger partial charge on any atom is -0.475 e. The monoisotopic (exact) mass is 444 g/mol. The largest absolute Gasteiger partial charge is 0.490 e. The number of carbonyl (C=O) groups is 2. The van der Waals surface area contributed by atoms with Gasteiger partial charge in [-0.2, -0.15) is 13.2 Å². The maximum atomic E-state index is 12.6. The number of fused-ring (bicyclic) bond motifs is 1. The van der Waals surface area contributed by atoms with Crippen LogP contribution in [0.3, 0.4) is 0 Å². The molecule has 31 heavy (non-hydrogen) atoms. The van der Waals surface area contributed by atoms with Gasteiger partial charge in [0.05, 0.1) is 18.8 Å². The molecule has 1 amide bonds. The third-order valence-electron chi connectivity index (χ3n) is 5.73. The second-order valence-corrected chi connectivity index (χ2v) is 7.79. The van der Waals surface area contributed by atoms with E-state index >= 15 is 0 Å². The Morgan fingerprint density at radius 3 is 2.45 bits per heavy atom. The van der Waals surface area contributed by atoms with Crippen LogP contribution < -0.4 is 0 Å². The van der Waals surface area contributed by atoms with E-state index in [1.54, 1.807) is 12.3 Å². The summed E-state index contributed by atoms with van der Waals surface area (Å²) in [7, 11) is 0. The van der Waals surface area contributed by atoms with Gasteiger partial charge < -0.3 is 19.6 Å². The molecule has 11 heteroatoms. The van der Waals surface area contributed by atoms with Crippen molar-refractivity contribution in [3.63, 3.8) is 0 Å². The van der Waals surface area contributed by atoms with Crippen molar-refractivity contribution >= 4 is 11.9 Å². The number of hydrogen-bond donors (Lipinski definition) is 1. The summed E-state index contributed by atoms with van der Waals surface area (Å²) >= 11 is 0. The highest BCUT2D eigenvalue weighted by atomic mass is 19.4. The minimum atomic E-state index is -5.08. The number of pyridine rings is 1. The zero-order valence-electron chi connectivity index (χ0n) is 17.1. The number of likely N-dealkylation sites (tertiary alicyclic amines) is 2. The first-order chi connectivity index (χ1) is 14.8. The summed E-state index contributed by atoms with van der Waals surface area (Å²) in [6.07, 6.45) is -0.594. The molecule has 1 aromatic rings. The number of morpholine rings is 1. The number of ether oxygens (including phenoxy) is 1. The Morgan fingerprint density at radius 2 is 1.84 bits per heavy atom. The molecule has 3 fully saturated rings. The predicted molar refractivity (Wildman–Crippen MR) is 105 cm³/mol. The van der Waals surface area contributed by atoms with Crippen LogP contribution in [0, 0.1) is 0 Å². The average Bonchev–Trinajstić information content (AvgIpc) is 3.42. The van der Waals surface area contributed by atoms with Crippen LogP contribution in [0.15, 0.2) is 24.4 Å². The van der Waals surface area contributed by atoms with Crippen LogP contribution in [-0.2, 0) is 9.53 Å². The lowest BCUT2D eigenvalue weighted by Gasteiger charge is -2.37. The Hall–Kier alpha value is -2.24. The fraction of sp³-hybridized carbons (Fsp3) is 0.650. The third-order valence-corrected chi connectivity index (χ3v) is 5.73. The molecule has 3 aliphatic rings. The highest BCUT2D eigenvalue weighted by molar-refractivity contribution is 5.92. The molecule has 4 rings (SSSR count). The molecular formula is C20H27F3N4O4. The number of carboxylic acids is 1. The molecule has 3 saturated heterocycles. The summed E-state index contributed by atoms with van der Waals surface area (Å²) in [6.45, 7) is 7.87. The van der Waals surface area contributed by atoms with Crippen molar-refractivity contribution in [1.29, 1.82) is 0 Å². The number of halogens is 3. The van der Waals surface area contributed by atoms with Crippen molar-refractivity contribution in [1.82, 2.24) is 19.7 Å². The van der Waals surface area contributed by atoms with Crippen molar-refractivity contribution < 1.29 is 32.6 Å². The highest BCUT2D eigenvalue weighted by Gasteiger charge is 2.42. The van der Waals surface area contributed by atoms with Gasteiger partial charge in [-0.05, 0) is 38.1 Å². The summed E-state index contributed by atoms with van der Waals surface area (Å²) in [5, 5.41) is 7.12. The van der Waals surface area contributed by atoms with E-state index in [0.717, 1.165) is 32.8 Å². The Kier molecular flexibility index (Phi) is 7.84. The average molecular weight is 444 g/mol. The summed E-state index contributed by atoms with van der Waals surface area (Å²) in [5.74, 6) is -2.74. The van der Waals surface area contributed by atoms with Gasteiger partial charge in [-0.15, -0.1) is 0 Å². The topological polar surface area (TPSA) is 86.2 Å². The van der Waals surface area contributed by atoms with Crippen LogP contribution >= 0.6 is 0 Å². The SMILES string of the molecule is O=C(O)C(F)(F)F.O=C(c1ccccn1)N1C[C@@H]2OCCN(CCN3CCCC3)[C@@H]2C1. The molecule has 0 radical (unpaired) electrons. The van der Waals surface area contributed by atoms with Gasteiger partial charge in [0, 0.05) is 38.9 Å². The van der Waals surface area contributed by atoms with E-state index in [0.29, 0.717) is 18.3 Å². The first-order valence-electron chi connectivity index (χ1n) is 10.3. The fourth-order valence-corrected chi connectivity index (χ4v) is 4.13. The number of aliphatic carboxylic acids is 1. The summed E-state index contributed by atoms with van der Waals surface area (Å²) in [5.41, 5.74) is 0.528. The minimum absolute atomic E-state index is 0.0214. The molecule has 0 bridgehead atoms. The molecule has 0 saturated carbocycles. The number of carbonyl (C=O) groups excluding carboxylic acids is 1. The zero-order valence-corrected chi connectivity index (χ0v) is 17.1. The third kappa shape index (κ3) is 6.37. The Bertz CT molecular complexity index is 744. The van der Waals surface area contributed by atoms with E-state index in [1.165, 1.54) is 25.9 Å². The second-order valence-electron chi connectivity index (χ2n) is 7.79. The summed E-state index contributed by atoms with van der Waals surface area (Å²) in [6, 6.07) is 5.82. The number of aromatic nitrogens is 1. The van der Waals surface area contributed by atoms with Gasteiger partial charge in [-0.25, -0.2) is 4.79 Å². The quantitative estimate of drug-likeness (QED) is 0.750. The molecule has 0 spiro atoms. The summed E-state index contributed by atoms with van der Waals surface area (Å²) in [4.78, 5) is 32.7. The Labute approximate surface area is 178 Å². The van der Waals surface area contributed by atoms with Crippen LogP contribution in [0.5, 0.6) is 0 Å². The lowest BCUT2D eigenvalue weighted by Crippen LogP contribution is -2.52. The van der Waals surface area contributed by atoms with E-state index in [2.05, 4.69) is 14.8 Å². The smallest absolute Gasteiger partial charge is 0.475 e. The van der Waals surface area contributed by atoms with Crippen LogP contribution in [0.4, 0.5) is 13.2 Å². The number of amides is 1. The molecule has 3 aliphatic heterocycles. The van der Waals surface area contributed by atoms with E-state index < -0.39 is 12.1 Å². The molecule has 0 aliphatic carbocycles. The number of hydrogen-bond acceptors (Lipinski definition) is 6. The number of alkyl halides is 3. The maximum Gasteiger partial charge on any atom is 0.490 e. The van der Waals surface area contributed by atoms with Gasteiger partial charge in [0.15, 0.2) is 0 Å². The number of nitrogens with zero attached hydrogens (tertiary/aromatic N) is 4. The van der Waals surface area contributed by atoms with Crippen LogP contribution in [-0.4, -0.2) is 107 Å². The van der Waals surface area contributed by atoms with Gasteiger partial charge in [-0.1, -0.05) is 6.07 Å². The van der Waals surface area contributed by atoms with Crippen molar-refractivity contribution in [2.45, 2.75) is 31.2 Å². The van der Waals surface area contributed by atoms with E-state index in [9.17, 15) is 18.0 Å². The number of rotatable bonds is 4. The van der Waals surface area contributed by atoms with Gasteiger partial charge >= 0.3 is 12.1 Å². The first kappa shape index (κ1) is 23.4. The zero-order chi connectivity index (χ0) is 22.4. The normalized spacial score (nSPS) is 24.4. The van der Waals surface area contributed by atoms with Crippen molar-refractivity contribution in [3.8, 4) is 0 Å². The highest BCUT2D eigenvalue weighted by Crippen LogP contribution is 2.24. The molecule has 4 heterocycles. The maximum absolute atomic E-state index is 12.6. The lowest BCUT2D eigenvalue weighted by atomic mass is 10.1. The van der Waals surface area contributed by atoms with Crippen LogP contribution in [0.2, 0.25) is 0 Å². The summed E-state index contributed by atoms with van der Waals surface area (Å²) < 4.78 is 37.7. The van der Waals surface area contributed by atoms with E-state index in [1.807, 2.05) is 17.0 Å². The van der Waals surface area contributed by atoms with Crippen LogP contribution in [0.1, 0.15) is 23.3 Å². The van der Waals surface area contributed by atoms with E-state index in [4.69, 9.17) is 14.6 Å². The molecular weight excluding hydrogens is 417 g/mol. The molecule has 1 aromatic heterocycles. The number of carboxylic acid groups (broad SMARTS) is 1. The Morgan fingerprint density at radius 1 is 1.13 bits per heavy atom. The molecule has 2 atom stereocenters. The van der Waals surface area contributed by atoms with Crippen LogP contribution in [0.25, 0.3) is 0 Å². The lowest BCUT2D eigenvalue weighted by molar-refractivity contribution is -0.192. The molecule has 0 aromatic carbocycles. The molecule has 172 valence electrons. The van der Waals surface area contributed by atoms with E-state index in [-0.39, 0.29) is 12.0 Å². The van der Waals surface area contributed by atoms with Gasteiger partial charge in [-0.3, -0.25) is 14.7 Å². The first-order valence-corrected chi connectivity index (χ1v) is 10.3. The second kappa shape index (κ2) is 10.4. The van der Waals surface area contributed by atoms with Crippen molar-refractivity contribution in [2.24, 2.45) is 0 Å². The predicted octanol–water partition coefficient (Wildman–Crippen LogP) is 1.34. The Balaban J connectivity index is 0.000000339. The van der Waals surface area contributed by atoms with Gasteiger partial charge in [0.25, 0.3) is 5.91 Å². The molecule has 1 N–H and O–H groups in total. The standard InChI is InChI=1S/C18H26N4O2.C2HF3O2/c23-18(15-5-1-2-6-19-15)22-13-16-17(14-22)24-12-11-21(16)10-9-20-7-3-4-8-20;3-2(4,5)1(6)7/h1-2,5-6,16-17H,3-4,7-14H2;(H,6,7)/t16-,17+;/m1./s1. The fourth-order valence-electron chi connectivity index (χ4n) is 4.13. The van der Waals surface area contributed by atoms with Crippen molar-refractivity contribution in [3.05, 3.63) is 30.1 Å². The molecule has 0 unspecified atom stereocenters.